The van der Waals surface area contributed by atoms with Crippen molar-refractivity contribution in [2.75, 3.05) is 26.0 Å². The van der Waals surface area contributed by atoms with E-state index >= 15 is 0 Å². The van der Waals surface area contributed by atoms with Crippen LogP contribution in [-0.2, 0) is 20.3 Å². The van der Waals surface area contributed by atoms with E-state index in [1.165, 1.54) is 12.0 Å². The molecule has 96 valence electrons. The zero-order valence-corrected chi connectivity index (χ0v) is 10.7. The largest absolute Gasteiger partial charge is 0.468 e. The zero-order chi connectivity index (χ0) is 13.1. The molecule has 1 aliphatic rings. The molecule has 18 heavy (non-hydrogen) atoms. The van der Waals surface area contributed by atoms with Crippen molar-refractivity contribution in [3.05, 3.63) is 29.8 Å². The van der Waals surface area contributed by atoms with Crippen molar-refractivity contribution in [3.63, 3.8) is 0 Å². The number of hydrogen-bond acceptors (Lipinski definition) is 4. The van der Waals surface area contributed by atoms with E-state index < -0.39 is 16.8 Å². The quantitative estimate of drug-likeness (QED) is 0.729. The lowest BCUT2D eigenvalue weighted by Gasteiger charge is -2.18. The fourth-order valence-corrected chi connectivity index (χ4v) is 3.03. The molecule has 0 spiro atoms. The van der Waals surface area contributed by atoms with Crippen molar-refractivity contribution >= 4 is 22.7 Å². The van der Waals surface area contributed by atoms with Gasteiger partial charge in [0.2, 0.25) is 0 Å². The van der Waals surface area contributed by atoms with Crippen LogP contribution in [0.5, 0.6) is 0 Å². The lowest BCUT2D eigenvalue weighted by atomic mass is 10.2. The van der Waals surface area contributed by atoms with Crippen LogP contribution in [0.25, 0.3) is 0 Å². The van der Waals surface area contributed by atoms with E-state index in [9.17, 15) is 13.8 Å². The van der Waals surface area contributed by atoms with Crippen molar-refractivity contribution in [1.29, 1.82) is 0 Å². The number of ether oxygens (including phenoxy) is 1. The maximum absolute atomic E-state index is 12.2. The highest BCUT2D eigenvalue weighted by atomic mass is 32.2. The van der Waals surface area contributed by atoms with Crippen LogP contribution in [0.15, 0.2) is 29.2 Å². The van der Waals surface area contributed by atoms with Gasteiger partial charge < -0.3 is 9.64 Å². The van der Waals surface area contributed by atoms with Crippen LogP contribution in [0.4, 0.5) is 0 Å². The Morgan fingerprint density at radius 1 is 1.44 bits per heavy atom. The van der Waals surface area contributed by atoms with Gasteiger partial charge in [-0.1, -0.05) is 12.1 Å². The summed E-state index contributed by atoms with van der Waals surface area (Å²) in [5.74, 6) is -0.421. The molecule has 1 unspecified atom stereocenters. The first-order valence-electron chi connectivity index (χ1n) is 5.47. The first-order chi connectivity index (χ1) is 8.63. The standard InChI is InChI=1S/C12H13NO4S/c1-17-11(14)8-13-6-7-18(16)10-5-3-2-4-9(10)12(13)15/h2-5H,6-8H2,1H3. The Labute approximate surface area is 107 Å². The van der Waals surface area contributed by atoms with Gasteiger partial charge in [-0.2, -0.15) is 0 Å². The van der Waals surface area contributed by atoms with Crippen molar-refractivity contribution in [2.45, 2.75) is 4.90 Å². The molecule has 0 saturated heterocycles. The molecule has 1 amide bonds. The molecule has 1 aromatic rings. The summed E-state index contributed by atoms with van der Waals surface area (Å²) in [6.07, 6.45) is 0. The Morgan fingerprint density at radius 2 is 2.17 bits per heavy atom. The first-order valence-corrected chi connectivity index (χ1v) is 6.79. The summed E-state index contributed by atoms with van der Waals surface area (Å²) in [6, 6.07) is 6.78. The van der Waals surface area contributed by atoms with E-state index in [1.54, 1.807) is 24.3 Å². The maximum atomic E-state index is 12.2. The summed E-state index contributed by atoms with van der Waals surface area (Å²) in [7, 11) is 0.0692. The van der Waals surface area contributed by atoms with Gasteiger partial charge in [-0.3, -0.25) is 13.8 Å². The first kappa shape index (κ1) is 12.8. The minimum atomic E-state index is -1.21. The number of amides is 1. The van der Waals surface area contributed by atoms with Gasteiger partial charge in [0.15, 0.2) is 0 Å². The summed E-state index contributed by atoms with van der Waals surface area (Å²) < 4.78 is 16.5. The van der Waals surface area contributed by atoms with Crippen LogP contribution >= 0.6 is 0 Å². The predicted octanol–water partition coefficient (Wildman–Crippen LogP) is 0.423. The number of benzene rings is 1. The van der Waals surface area contributed by atoms with Gasteiger partial charge in [-0.25, -0.2) is 0 Å². The van der Waals surface area contributed by atoms with Gasteiger partial charge >= 0.3 is 5.97 Å². The third-order valence-corrected chi connectivity index (χ3v) is 4.14. The van der Waals surface area contributed by atoms with E-state index in [2.05, 4.69) is 4.74 Å². The highest BCUT2D eigenvalue weighted by molar-refractivity contribution is 7.85. The maximum Gasteiger partial charge on any atom is 0.325 e. The number of hydrogen-bond donors (Lipinski definition) is 0. The van der Waals surface area contributed by atoms with Crippen molar-refractivity contribution in [3.8, 4) is 0 Å². The zero-order valence-electron chi connectivity index (χ0n) is 9.92. The molecule has 0 N–H and O–H groups in total. The third kappa shape index (κ3) is 2.43. The molecule has 0 fully saturated rings. The van der Waals surface area contributed by atoms with Gasteiger partial charge in [-0.15, -0.1) is 0 Å². The molecule has 6 heteroatoms. The van der Waals surface area contributed by atoms with Crippen molar-refractivity contribution in [2.24, 2.45) is 0 Å². The summed E-state index contributed by atoms with van der Waals surface area (Å²) in [5.41, 5.74) is 0.400. The second-order valence-corrected chi connectivity index (χ2v) is 5.39. The molecule has 0 saturated carbocycles. The second-order valence-electron chi connectivity index (χ2n) is 3.85. The van der Waals surface area contributed by atoms with Gasteiger partial charge in [0.05, 0.1) is 28.4 Å². The van der Waals surface area contributed by atoms with E-state index in [4.69, 9.17) is 0 Å². The Kier molecular flexibility index (Phi) is 3.76. The van der Waals surface area contributed by atoms with Crippen molar-refractivity contribution in [1.82, 2.24) is 4.90 Å². The number of esters is 1. The average molecular weight is 267 g/mol. The minimum Gasteiger partial charge on any atom is -0.468 e. The smallest absolute Gasteiger partial charge is 0.325 e. The number of methoxy groups -OCH3 is 1. The Hall–Kier alpha value is -1.69. The van der Waals surface area contributed by atoms with Crippen LogP contribution in [0.2, 0.25) is 0 Å². The van der Waals surface area contributed by atoms with E-state index in [1.807, 2.05) is 0 Å². The second kappa shape index (κ2) is 5.30. The van der Waals surface area contributed by atoms with Crippen LogP contribution in [0.3, 0.4) is 0 Å². The molecule has 1 aliphatic heterocycles. The van der Waals surface area contributed by atoms with Gasteiger partial charge in [-0.05, 0) is 12.1 Å². The Morgan fingerprint density at radius 3 is 2.89 bits per heavy atom. The van der Waals surface area contributed by atoms with E-state index in [0.717, 1.165) is 0 Å². The lowest BCUT2D eigenvalue weighted by Crippen LogP contribution is -2.37. The summed E-state index contributed by atoms with van der Waals surface area (Å²) in [6.45, 7) is 0.177. The molecule has 0 radical (unpaired) electrons. The predicted molar refractivity (Wildman–Crippen MR) is 65.6 cm³/mol. The molecular formula is C12H13NO4S. The number of carbonyl (C=O) groups is 2. The van der Waals surface area contributed by atoms with Crippen LogP contribution in [0, 0.1) is 0 Å². The van der Waals surface area contributed by atoms with E-state index in [0.29, 0.717) is 16.2 Å². The number of nitrogens with zero attached hydrogens (tertiary/aromatic N) is 1. The molecule has 5 nitrogen and oxygen atoms in total. The van der Waals surface area contributed by atoms with Crippen LogP contribution < -0.4 is 0 Å². The normalized spacial score (nSPS) is 19.1. The molecule has 1 aromatic carbocycles. The average Bonchev–Trinajstić information content (AvgIpc) is 2.51. The summed E-state index contributed by atoms with van der Waals surface area (Å²) in [5, 5.41) is 0. The van der Waals surface area contributed by atoms with Gasteiger partial charge in [0.25, 0.3) is 5.91 Å². The van der Waals surface area contributed by atoms with Crippen LogP contribution in [0.1, 0.15) is 10.4 Å². The topological polar surface area (TPSA) is 63.7 Å². The summed E-state index contributed by atoms with van der Waals surface area (Å²) >= 11 is 0. The SMILES string of the molecule is COC(=O)CN1CCS(=O)c2ccccc2C1=O. The molecule has 0 aromatic heterocycles. The fourth-order valence-electron chi connectivity index (χ4n) is 1.79. The third-order valence-electron chi connectivity index (χ3n) is 2.74. The Bertz CT molecular complexity index is 515. The lowest BCUT2D eigenvalue weighted by molar-refractivity contribution is -0.141. The molecule has 1 heterocycles. The minimum absolute atomic E-state index is 0.110. The highest BCUT2D eigenvalue weighted by Gasteiger charge is 2.27. The number of rotatable bonds is 2. The van der Waals surface area contributed by atoms with E-state index in [-0.39, 0.29) is 19.0 Å². The molecule has 0 aliphatic carbocycles. The van der Waals surface area contributed by atoms with Gasteiger partial charge in [0.1, 0.15) is 6.54 Å². The van der Waals surface area contributed by atoms with Crippen LogP contribution in [-0.4, -0.2) is 46.9 Å². The van der Waals surface area contributed by atoms with Gasteiger partial charge in [0, 0.05) is 12.3 Å². The fraction of sp³-hybridized carbons (Fsp3) is 0.333. The highest BCUT2D eigenvalue weighted by Crippen LogP contribution is 2.19. The number of fused-ring (bicyclic) bond motifs is 1. The summed E-state index contributed by atoms with van der Waals surface area (Å²) in [4.78, 5) is 25.4. The molecular weight excluding hydrogens is 254 g/mol. The molecule has 1 atom stereocenters. The van der Waals surface area contributed by atoms with Crippen molar-refractivity contribution < 1.29 is 18.5 Å². The monoisotopic (exact) mass is 267 g/mol. The number of carbonyl (C=O) groups excluding carboxylic acids is 2. The molecule has 2 rings (SSSR count). The molecule has 0 bridgehead atoms. The Balaban J connectivity index is 2.32.